The zero-order chi connectivity index (χ0) is 36.2. The minimum absolute atomic E-state index is 0.0954. The van der Waals surface area contributed by atoms with Crippen molar-refractivity contribution in [3.05, 3.63) is 226 Å². The second-order valence-electron chi connectivity index (χ2n) is 16.1. The lowest BCUT2D eigenvalue weighted by atomic mass is 9.68. The molecule has 0 saturated heterocycles. The number of nitrogens with zero attached hydrogens (tertiary/aromatic N) is 1. The second kappa shape index (κ2) is 11.4. The van der Waals surface area contributed by atoms with E-state index < -0.39 is 0 Å². The van der Waals surface area contributed by atoms with Gasteiger partial charge in [-0.05, 0) is 116 Å². The van der Waals surface area contributed by atoms with Crippen LogP contribution in [0.15, 0.2) is 187 Å². The highest BCUT2D eigenvalue weighted by atomic mass is 15.1. The average molecular weight is 692 g/mol. The van der Waals surface area contributed by atoms with E-state index in [0.717, 1.165) is 12.1 Å². The van der Waals surface area contributed by atoms with Crippen molar-refractivity contribution in [3.63, 3.8) is 0 Å². The normalized spacial score (nSPS) is 17.4. The van der Waals surface area contributed by atoms with Gasteiger partial charge >= 0.3 is 0 Å². The van der Waals surface area contributed by atoms with E-state index >= 15 is 0 Å². The van der Waals surface area contributed by atoms with E-state index in [1.807, 2.05) is 0 Å². The number of benzene rings is 7. The SMILES string of the molecule is Cc1ccc(-c2ccc(N(C3=CCC4C(=C3)C3(c5ccccc5-c5ccccc53)c3ccccc34)c3ccc4c(c3)C(C)(C)c3ccccc3-4)cc2)cc1. The number of rotatable bonds is 4. The molecule has 0 radical (unpaired) electrons. The van der Waals surface area contributed by atoms with Gasteiger partial charge in [0.1, 0.15) is 0 Å². The molecule has 0 amide bonds. The molecule has 258 valence electrons. The summed E-state index contributed by atoms with van der Waals surface area (Å²) in [5.41, 5.74) is 22.2. The van der Waals surface area contributed by atoms with Gasteiger partial charge in [-0.1, -0.05) is 165 Å². The molecule has 11 rings (SSSR count). The van der Waals surface area contributed by atoms with Crippen molar-refractivity contribution in [2.24, 2.45) is 0 Å². The van der Waals surface area contributed by atoms with E-state index in [0.29, 0.717) is 5.92 Å². The smallest absolute Gasteiger partial charge is 0.0686 e. The lowest BCUT2D eigenvalue weighted by Gasteiger charge is -2.36. The molecule has 1 atom stereocenters. The predicted octanol–water partition coefficient (Wildman–Crippen LogP) is 13.4. The van der Waals surface area contributed by atoms with Crippen molar-refractivity contribution in [1.29, 1.82) is 0 Å². The van der Waals surface area contributed by atoms with E-state index in [1.165, 1.54) is 89.3 Å². The van der Waals surface area contributed by atoms with Crippen LogP contribution < -0.4 is 4.90 Å². The van der Waals surface area contributed by atoms with Gasteiger partial charge < -0.3 is 4.90 Å². The summed E-state index contributed by atoms with van der Waals surface area (Å²) in [4.78, 5) is 2.52. The Morgan fingerprint density at radius 1 is 0.500 bits per heavy atom. The molecule has 54 heavy (non-hydrogen) atoms. The second-order valence-corrected chi connectivity index (χ2v) is 16.1. The summed E-state index contributed by atoms with van der Waals surface area (Å²) in [7, 11) is 0. The molecule has 0 fully saturated rings. The first-order valence-corrected chi connectivity index (χ1v) is 19.4. The number of allylic oxidation sites excluding steroid dienone is 3. The Morgan fingerprint density at radius 3 is 1.69 bits per heavy atom. The third-order valence-corrected chi connectivity index (χ3v) is 13.0. The molecule has 1 nitrogen and oxygen atoms in total. The van der Waals surface area contributed by atoms with Crippen LogP contribution in [-0.4, -0.2) is 0 Å². The molecule has 0 heterocycles. The fraction of sp³-hybridized carbons (Fsp3) is 0.132. The van der Waals surface area contributed by atoms with Gasteiger partial charge in [0.25, 0.3) is 0 Å². The van der Waals surface area contributed by atoms with Crippen LogP contribution in [0.25, 0.3) is 33.4 Å². The van der Waals surface area contributed by atoms with Gasteiger partial charge in [-0.15, -0.1) is 0 Å². The summed E-state index contributed by atoms with van der Waals surface area (Å²) in [5.74, 6) is 0.309. The highest BCUT2D eigenvalue weighted by Gasteiger charge is 2.55. The molecule has 7 aromatic carbocycles. The maximum atomic E-state index is 2.56. The minimum Gasteiger partial charge on any atom is -0.311 e. The van der Waals surface area contributed by atoms with E-state index in [2.05, 4.69) is 202 Å². The molecule has 0 saturated carbocycles. The third kappa shape index (κ3) is 4.21. The van der Waals surface area contributed by atoms with Gasteiger partial charge in [-0.3, -0.25) is 0 Å². The monoisotopic (exact) mass is 691 g/mol. The predicted molar refractivity (Wildman–Crippen MR) is 224 cm³/mol. The van der Waals surface area contributed by atoms with E-state index in [-0.39, 0.29) is 10.8 Å². The highest BCUT2D eigenvalue weighted by molar-refractivity contribution is 5.90. The molecule has 1 unspecified atom stereocenters. The molecule has 1 heteroatoms. The van der Waals surface area contributed by atoms with E-state index in [9.17, 15) is 0 Å². The Balaban J connectivity index is 1.12. The summed E-state index contributed by atoms with van der Waals surface area (Å²) < 4.78 is 0. The number of hydrogen-bond acceptors (Lipinski definition) is 1. The summed E-state index contributed by atoms with van der Waals surface area (Å²) >= 11 is 0. The van der Waals surface area contributed by atoms with Crippen LogP contribution in [0.3, 0.4) is 0 Å². The molecule has 0 N–H and O–H groups in total. The Hall–Kier alpha value is -6.18. The lowest BCUT2D eigenvalue weighted by molar-refractivity contribution is 0.660. The number of hydrogen-bond donors (Lipinski definition) is 0. The molecular formula is C53H41N. The van der Waals surface area contributed by atoms with Gasteiger partial charge in [0.2, 0.25) is 0 Å². The maximum Gasteiger partial charge on any atom is 0.0686 e. The van der Waals surface area contributed by atoms with E-state index in [4.69, 9.17) is 0 Å². The number of fused-ring (bicyclic) bond motifs is 13. The minimum atomic E-state index is -0.337. The topological polar surface area (TPSA) is 3.24 Å². The molecule has 0 bridgehead atoms. The van der Waals surface area contributed by atoms with Crippen LogP contribution in [0.4, 0.5) is 11.4 Å². The summed E-state index contributed by atoms with van der Waals surface area (Å²) in [6, 6.07) is 61.7. The van der Waals surface area contributed by atoms with Crippen molar-refractivity contribution in [2.45, 2.75) is 43.9 Å². The standard InChI is InChI=1S/C53H41N/c1-34-20-22-35(23-21-34)36-24-26-37(27-25-36)54(38-28-30-44-40-12-4-8-16-46(40)52(2,3)50(44)32-38)39-29-31-45-43-15-7-11-19-49(43)53(51(45)33-39)47-17-9-5-13-41(47)42-14-6-10-18-48(42)53/h4-30,32-33,45H,31H2,1-3H3. The largest absolute Gasteiger partial charge is 0.311 e. The Labute approximate surface area is 318 Å². The van der Waals surface area contributed by atoms with Crippen LogP contribution in [0.5, 0.6) is 0 Å². The molecule has 0 aromatic heterocycles. The van der Waals surface area contributed by atoms with Gasteiger partial charge in [-0.25, -0.2) is 0 Å². The summed E-state index contributed by atoms with van der Waals surface area (Å²) in [6.07, 6.45) is 6.01. The Morgan fingerprint density at radius 2 is 1.02 bits per heavy atom. The van der Waals surface area contributed by atoms with Crippen molar-refractivity contribution < 1.29 is 0 Å². The first kappa shape index (κ1) is 31.4. The van der Waals surface area contributed by atoms with Crippen LogP contribution >= 0.6 is 0 Å². The van der Waals surface area contributed by atoms with Crippen LogP contribution in [-0.2, 0) is 10.8 Å². The van der Waals surface area contributed by atoms with Gasteiger partial charge in [0.15, 0.2) is 0 Å². The highest BCUT2D eigenvalue weighted by Crippen LogP contribution is 2.65. The first-order valence-electron chi connectivity index (χ1n) is 19.4. The van der Waals surface area contributed by atoms with Gasteiger partial charge in [-0.2, -0.15) is 0 Å². The molecule has 7 aromatic rings. The quantitative estimate of drug-likeness (QED) is 0.178. The molecule has 4 aliphatic rings. The van der Waals surface area contributed by atoms with Crippen LogP contribution in [0.2, 0.25) is 0 Å². The number of anilines is 2. The van der Waals surface area contributed by atoms with Crippen molar-refractivity contribution in [3.8, 4) is 33.4 Å². The fourth-order valence-electron chi connectivity index (χ4n) is 10.5. The van der Waals surface area contributed by atoms with Gasteiger partial charge in [0, 0.05) is 28.4 Å². The zero-order valence-electron chi connectivity index (χ0n) is 31.0. The average Bonchev–Trinajstić information content (AvgIpc) is 3.77. The van der Waals surface area contributed by atoms with Crippen LogP contribution in [0.1, 0.15) is 65.1 Å². The fourth-order valence-corrected chi connectivity index (χ4v) is 10.5. The molecular weight excluding hydrogens is 651 g/mol. The Kier molecular flexibility index (Phi) is 6.62. The van der Waals surface area contributed by atoms with Crippen LogP contribution in [0, 0.1) is 6.92 Å². The zero-order valence-corrected chi connectivity index (χ0v) is 31.0. The van der Waals surface area contributed by atoms with Crippen molar-refractivity contribution >= 4 is 11.4 Å². The third-order valence-electron chi connectivity index (χ3n) is 13.0. The van der Waals surface area contributed by atoms with Gasteiger partial charge in [0.05, 0.1) is 5.41 Å². The Bertz CT molecular complexity index is 2680. The molecule has 4 aliphatic carbocycles. The molecule has 0 aliphatic heterocycles. The van der Waals surface area contributed by atoms with Crippen molar-refractivity contribution in [1.82, 2.24) is 0 Å². The summed E-state index contributed by atoms with van der Waals surface area (Å²) in [6.45, 7) is 6.90. The van der Waals surface area contributed by atoms with E-state index in [1.54, 1.807) is 0 Å². The maximum absolute atomic E-state index is 2.56. The molecule has 1 spiro atoms. The first-order chi connectivity index (χ1) is 26.4. The number of aryl methyl sites for hydroxylation is 1. The lowest BCUT2D eigenvalue weighted by Crippen LogP contribution is -2.29. The summed E-state index contributed by atoms with van der Waals surface area (Å²) in [5, 5.41) is 0. The van der Waals surface area contributed by atoms with Crippen molar-refractivity contribution in [2.75, 3.05) is 4.90 Å².